The molecular weight excluding hydrogens is 148 g/mol. The first-order chi connectivity index (χ1) is 4.63. The van der Waals surface area contributed by atoms with Gasteiger partial charge >= 0.3 is 0 Å². The molecule has 1 aliphatic carbocycles. The van der Waals surface area contributed by atoms with Crippen molar-refractivity contribution in [1.82, 2.24) is 0 Å². The van der Waals surface area contributed by atoms with Gasteiger partial charge in [-0.25, -0.2) is 17.6 Å². The molecular formula is C6H6F4. The molecule has 0 aliphatic heterocycles. The van der Waals surface area contributed by atoms with Crippen LogP contribution < -0.4 is 0 Å². The van der Waals surface area contributed by atoms with Gasteiger partial charge in [-0.15, -0.1) is 0 Å². The minimum atomic E-state index is -2.38. The van der Waals surface area contributed by atoms with Crippen LogP contribution in [0.3, 0.4) is 0 Å². The summed E-state index contributed by atoms with van der Waals surface area (Å²) in [5.74, 6) is -2.72. The first-order valence-electron chi connectivity index (χ1n) is 2.95. The molecule has 0 saturated carbocycles. The molecule has 0 bridgehead atoms. The smallest absolute Gasteiger partial charge is 0.185 e. The number of hydrogen-bond acceptors (Lipinski definition) is 0. The Hall–Kier alpha value is -0.540. The van der Waals surface area contributed by atoms with Crippen LogP contribution in [-0.4, -0.2) is 12.3 Å². The lowest BCUT2D eigenvalue weighted by Gasteiger charge is -2.16. The average Bonchev–Trinajstić information content (AvgIpc) is 1.93. The summed E-state index contributed by atoms with van der Waals surface area (Å²) in [6.45, 7) is 0. The maximum atomic E-state index is 12.2. The third-order valence-corrected chi connectivity index (χ3v) is 1.46. The van der Waals surface area contributed by atoms with Crippen LogP contribution in [0.4, 0.5) is 17.6 Å². The topological polar surface area (TPSA) is 0 Å². The van der Waals surface area contributed by atoms with Crippen molar-refractivity contribution in [2.24, 2.45) is 0 Å². The van der Waals surface area contributed by atoms with E-state index in [1.807, 2.05) is 0 Å². The van der Waals surface area contributed by atoms with E-state index in [2.05, 4.69) is 0 Å². The van der Waals surface area contributed by atoms with Crippen molar-refractivity contribution in [2.45, 2.75) is 25.2 Å². The van der Waals surface area contributed by atoms with Gasteiger partial charge in [0.25, 0.3) is 0 Å². The van der Waals surface area contributed by atoms with Gasteiger partial charge in [-0.2, -0.15) is 0 Å². The van der Waals surface area contributed by atoms with Crippen molar-refractivity contribution in [3.8, 4) is 0 Å². The standard InChI is InChI=1S/C6H6F4/c7-3-1-2-4(8)6(10)5(3)9/h3,5H,1-2H2/t3?,5-/m1/s1. The third-order valence-electron chi connectivity index (χ3n) is 1.46. The highest BCUT2D eigenvalue weighted by Crippen LogP contribution is 2.30. The molecule has 1 unspecified atom stereocenters. The first-order valence-corrected chi connectivity index (χ1v) is 2.95. The molecule has 58 valence electrons. The average molecular weight is 154 g/mol. The molecule has 2 atom stereocenters. The summed E-state index contributed by atoms with van der Waals surface area (Å²) in [6.07, 6.45) is -4.85. The lowest BCUT2D eigenvalue weighted by molar-refractivity contribution is 0.142. The molecule has 10 heavy (non-hydrogen) atoms. The lowest BCUT2D eigenvalue weighted by Crippen LogP contribution is -2.22. The molecule has 0 saturated heterocycles. The van der Waals surface area contributed by atoms with E-state index in [0.717, 1.165) is 0 Å². The Morgan fingerprint density at radius 3 is 2.30 bits per heavy atom. The van der Waals surface area contributed by atoms with Crippen molar-refractivity contribution < 1.29 is 17.6 Å². The second-order valence-corrected chi connectivity index (χ2v) is 2.21. The van der Waals surface area contributed by atoms with Crippen molar-refractivity contribution >= 4 is 0 Å². The number of allylic oxidation sites excluding steroid dienone is 2. The molecule has 0 fully saturated rings. The molecule has 1 aliphatic rings. The van der Waals surface area contributed by atoms with Crippen LogP contribution in [0.1, 0.15) is 12.8 Å². The fourth-order valence-electron chi connectivity index (χ4n) is 0.839. The van der Waals surface area contributed by atoms with Gasteiger partial charge in [0.1, 0.15) is 12.0 Å². The molecule has 0 radical (unpaired) electrons. The zero-order chi connectivity index (χ0) is 7.72. The summed E-state index contributed by atoms with van der Waals surface area (Å²) in [5.41, 5.74) is 0. The van der Waals surface area contributed by atoms with Gasteiger partial charge in [-0.3, -0.25) is 0 Å². The molecule has 0 aromatic heterocycles. The summed E-state index contributed by atoms with van der Waals surface area (Å²) in [4.78, 5) is 0. The predicted molar refractivity (Wildman–Crippen MR) is 28.3 cm³/mol. The minimum Gasteiger partial charge on any atom is -0.244 e. The quantitative estimate of drug-likeness (QED) is 0.470. The van der Waals surface area contributed by atoms with Crippen LogP contribution in [0.2, 0.25) is 0 Å². The van der Waals surface area contributed by atoms with Crippen LogP contribution in [-0.2, 0) is 0 Å². The van der Waals surface area contributed by atoms with Crippen LogP contribution in [0.15, 0.2) is 11.7 Å². The maximum absolute atomic E-state index is 12.2. The third kappa shape index (κ3) is 1.15. The van der Waals surface area contributed by atoms with E-state index in [-0.39, 0.29) is 12.8 Å². The number of hydrogen-bond donors (Lipinski definition) is 0. The van der Waals surface area contributed by atoms with E-state index in [9.17, 15) is 17.6 Å². The summed E-state index contributed by atoms with van der Waals surface area (Å²) in [7, 11) is 0. The molecule has 0 spiro atoms. The Morgan fingerprint density at radius 1 is 1.20 bits per heavy atom. The Bertz CT molecular complexity index is 163. The minimum absolute atomic E-state index is 0.263. The van der Waals surface area contributed by atoms with Gasteiger partial charge in [-0.05, 0) is 6.42 Å². The maximum Gasteiger partial charge on any atom is 0.185 e. The summed E-state index contributed by atoms with van der Waals surface area (Å²) in [5, 5.41) is 0. The van der Waals surface area contributed by atoms with E-state index >= 15 is 0 Å². The molecule has 0 aromatic carbocycles. The van der Waals surface area contributed by atoms with E-state index in [1.54, 1.807) is 0 Å². The van der Waals surface area contributed by atoms with Gasteiger partial charge < -0.3 is 0 Å². The lowest BCUT2D eigenvalue weighted by atomic mass is 10.0. The highest BCUT2D eigenvalue weighted by molar-refractivity contribution is 5.11. The molecule has 0 heterocycles. The molecule has 0 amide bonds. The van der Waals surface area contributed by atoms with Crippen molar-refractivity contribution in [3.05, 3.63) is 11.7 Å². The fourth-order valence-corrected chi connectivity index (χ4v) is 0.839. The van der Waals surface area contributed by atoms with Gasteiger partial charge in [0.2, 0.25) is 0 Å². The summed E-state index contributed by atoms with van der Waals surface area (Å²) >= 11 is 0. The van der Waals surface area contributed by atoms with E-state index < -0.39 is 24.0 Å². The molecule has 1 rings (SSSR count). The monoisotopic (exact) mass is 154 g/mol. The van der Waals surface area contributed by atoms with Crippen molar-refractivity contribution in [1.29, 1.82) is 0 Å². The highest BCUT2D eigenvalue weighted by Gasteiger charge is 2.32. The molecule has 0 aromatic rings. The highest BCUT2D eigenvalue weighted by atomic mass is 19.2. The SMILES string of the molecule is FC1=C(F)[C@H](F)C(F)CC1. The summed E-state index contributed by atoms with van der Waals surface area (Å²) < 4.78 is 48.6. The van der Waals surface area contributed by atoms with Crippen LogP contribution >= 0.6 is 0 Å². The summed E-state index contributed by atoms with van der Waals surface area (Å²) in [6, 6.07) is 0. The Kier molecular flexibility index (Phi) is 1.97. The zero-order valence-electron chi connectivity index (χ0n) is 5.08. The number of alkyl halides is 2. The fraction of sp³-hybridized carbons (Fsp3) is 0.667. The molecule has 0 N–H and O–H groups in total. The number of halogens is 4. The normalized spacial score (nSPS) is 34.8. The van der Waals surface area contributed by atoms with E-state index in [1.165, 1.54) is 0 Å². The first kappa shape index (κ1) is 7.57. The van der Waals surface area contributed by atoms with Gasteiger partial charge in [-0.1, -0.05) is 0 Å². The Labute approximate surface area is 55.5 Å². The zero-order valence-corrected chi connectivity index (χ0v) is 5.08. The second-order valence-electron chi connectivity index (χ2n) is 2.21. The van der Waals surface area contributed by atoms with Crippen LogP contribution in [0, 0.1) is 0 Å². The van der Waals surface area contributed by atoms with Crippen molar-refractivity contribution in [2.75, 3.05) is 0 Å². The predicted octanol–water partition coefficient (Wildman–Crippen LogP) is 2.61. The van der Waals surface area contributed by atoms with Gasteiger partial charge in [0.05, 0.1) is 0 Å². The van der Waals surface area contributed by atoms with Crippen LogP contribution in [0.5, 0.6) is 0 Å². The Balaban J connectivity index is 2.77. The van der Waals surface area contributed by atoms with E-state index in [0.29, 0.717) is 0 Å². The molecule has 0 nitrogen and oxygen atoms in total. The van der Waals surface area contributed by atoms with E-state index in [4.69, 9.17) is 0 Å². The number of rotatable bonds is 0. The van der Waals surface area contributed by atoms with Crippen molar-refractivity contribution in [3.63, 3.8) is 0 Å². The van der Waals surface area contributed by atoms with Gasteiger partial charge in [0.15, 0.2) is 12.0 Å². The Morgan fingerprint density at radius 2 is 1.80 bits per heavy atom. The second kappa shape index (κ2) is 2.60. The molecule has 4 heteroatoms. The van der Waals surface area contributed by atoms with Gasteiger partial charge in [0, 0.05) is 6.42 Å². The van der Waals surface area contributed by atoms with Crippen LogP contribution in [0.25, 0.3) is 0 Å². The largest absolute Gasteiger partial charge is 0.244 e.